The van der Waals surface area contributed by atoms with E-state index in [1.54, 1.807) is 24.4 Å². The Balaban J connectivity index is 1.98. The third kappa shape index (κ3) is 3.46. The molecule has 0 radical (unpaired) electrons. The van der Waals surface area contributed by atoms with Crippen LogP contribution in [0.15, 0.2) is 24.4 Å². The maximum absolute atomic E-state index is 10.5. The number of nitrogens with zero attached hydrogens (tertiary/aromatic N) is 4. The van der Waals surface area contributed by atoms with E-state index in [0.717, 1.165) is 5.69 Å². The average Bonchev–Trinajstić information content (AvgIpc) is 2.83. The van der Waals surface area contributed by atoms with Crippen LogP contribution in [-0.2, 0) is 17.9 Å². The summed E-state index contributed by atoms with van der Waals surface area (Å²) in [6, 6.07) is 6.96. The molecule has 0 bridgehead atoms. The lowest BCUT2D eigenvalue weighted by molar-refractivity contribution is -0.137. The Kier molecular flexibility index (Phi) is 4.17. The minimum Gasteiger partial charge on any atom is -0.480 e. The van der Waals surface area contributed by atoms with Gasteiger partial charge >= 0.3 is 5.97 Å². The van der Waals surface area contributed by atoms with Gasteiger partial charge in [-0.05, 0) is 18.2 Å². The minimum atomic E-state index is -0.978. The van der Waals surface area contributed by atoms with Crippen LogP contribution in [0.5, 0.6) is 0 Å². The quantitative estimate of drug-likeness (QED) is 0.865. The van der Waals surface area contributed by atoms with Gasteiger partial charge in [0.15, 0.2) is 0 Å². The summed E-state index contributed by atoms with van der Waals surface area (Å²) in [6.07, 6.45) is 1.55. The maximum Gasteiger partial charge on any atom is 0.325 e. The fraction of sp³-hybridized carbons (Fsp3) is 0.167. The van der Waals surface area contributed by atoms with Crippen molar-refractivity contribution in [2.45, 2.75) is 13.1 Å². The van der Waals surface area contributed by atoms with E-state index >= 15 is 0 Å². The van der Waals surface area contributed by atoms with E-state index in [1.807, 2.05) is 6.07 Å². The van der Waals surface area contributed by atoms with Crippen LogP contribution in [0.2, 0.25) is 5.02 Å². The molecule has 0 saturated carbocycles. The van der Waals surface area contributed by atoms with Crippen molar-refractivity contribution in [3.63, 3.8) is 0 Å². The predicted molar refractivity (Wildman–Crippen MR) is 71.2 cm³/mol. The molecule has 0 unspecified atom stereocenters. The second-order valence-electron chi connectivity index (χ2n) is 3.96. The molecule has 0 aliphatic carbocycles. The second kappa shape index (κ2) is 6.04. The third-order valence-electron chi connectivity index (χ3n) is 2.45. The first kappa shape index (κ1) is 13.8. The van der Waals surface area contributed by atoms with Gasteiger partial charge in [-0.2, -0.15) is 5.26 Å². The summed E-state index contributed by atoms with van der Waals surface area (Å²) in [5, 5.41) is 28.3. The van der Waals surface area contributed by atoms with E-state index in [-0.39, 0.29) is 6.54 Å². The van der Waals surface area contributed by atoms with Crippen LogP contribution in [0, 0.1) is 11.3 Å². The molecule has 0 fully saturated rings. The number of carboxylic acids is 1. The molecule has 0 aliphatic rings. The summed E-state index contributed by atoms with van der Waals surface area (Å²) in [5.41, 5.74) is 1.75. The molecule has 8 heteroatoms. The number of nitrogens with one attached hydrogen (secondary N) is 1. The summed E-state index contributed by atoms with van der Waals surface area (Å²) in [4.78, 5) is 10.5. The SMILES string of the molecule is N#Cc1ccc(NCc2cn(CC(=O)O)nn2)cc1Cl. The number of anilines is 1. The van der Waals surface area contributed by atoms with Gasteiger partial charge in [0.2, 0.25) is 0 Å². The first-order chi connectivity index (χ1) is 9.58. The fourth-order valence-corrected chi connectivity index (χ4v) is 1.77. The summed E-state index contributed by atoms with van der Waals surface area (Å²) in [7, 11) is 0. The van der Waals surface area contributed by atoms with Crippen molar-refractivity contribution in [2.75, 3.05) is 5.32 Å². The Morgan fingerprint density at radius 2 is 2.35 bits per heavy atom. The average molecular weight is 292 g/mol. The summed E-state index contributed by atoms with van der Waals surface area (Å²) in [6.45, 7) is 0.150. The highest BCUT2D eigenvalue weighted by atomic mass is 35.5. The molecule has 102 valence electrons. The van der Waals surface area contributed by atoms with Crippen molar-refractivity contribution in [1.82, 2.24) is 15.0 Å². The Morgan fingerprint density at radius 1 is 1.55 bits per heavy atom. The summed E-state index contributed by atoms with van der Waals surface area (Å²) < 4.78 is 1.24. The number of aliphatic carboxylic acids is 1. The van der Waals surface area contributed by atoms with Crippen molar-refractivity contribution in [3.8, 4) is 6.07 Å². The Bertz CT molecular complexity index is 677. The number of nitriles is 1. The van der Waals surface area contributed by atoms with E-state index < -0.39 is 5.97 Å². The number of halogens is 1. The molecule has 0 saturated heterocycles. The lowest BCUT2D eigenvalue weighted by atomic mass is 10.2. The Morgan fingerprint density at radius 3 is 3.00 bits per heavy atom. The Labute approximate surface area is 119 Å². The van der Waals surface area contributed by atoms with Crippen molar-refractivity contribution >= 4 is 23.3 Å². The van der Waals surface area contributed by atoms with Crippen LogP contribution < -0.4 is 5.32 Å². The number of carboxylic acid groups (broad SMARTS) is 1. The van der Waals surface area contributed by atoms with Crippen LogP contribution in [-0.4, -0.2) is 26.1 Å². The highest BCUT2D eigenvalue weighted by Crippen LogP contribution is 2.20. The van der Waals surface area contributed by atoms with Gasteiger partial charge in [-0.3, -0.25) is 4.79 Å². The lowest BCUT2D eigenvalue weighted by Crippen LogP contribution is -2.09. The highest BCUT2D eigenvalue weighted by molar-refractivity contribution is 6.32. The molecule has 2 rings (SSSR count). The van der Waals surface area contributed by atoms with E-state index in [0.29, 0.717) is 22.8 Å². The van der Waals surface area contributed by atoms with Gasteiger partial charge < -0.3 is 10.4 Å². The molecule has 7 nitrogen and oxygen atoms in total. The van der Waals surface area contributed by atoms with Crippen LogP contribution in [0.25, 0.3) is 0 Å². The van der Waals surface area contributed by atoms with Crippen LogP contribution >= 0.6 is 11.6 Å². The van der Waals surface area contributed by atoms with Crippen molar-refractivity contribution in [2.24, 2.45) is 0 Å². The van der Waals surface area contributed by atoms with Gasteiger partial charge in [0, 0.05) is 5.69 Å². The smallest absolute Gasteiger partial charge is 0.325 e. The van der Waals surface area contributed by atoms with Crippen molar-refractivity contribution in [3.05, 3.63) is 40.7 Å². The fourth-order valence-electron chi connectivity index (χ4n) is 1.54. The number of rotatable bonds is 5. The zero-order chi connectivity index (χ0) is 14.5. The molecule has 0 amide bonds. The summed E-state index contributed by atoms with van der Waals surface area (Å²) in [5.74, 6) is -0.978. The standard InChI is InChI=1S/C12H10ClN5O2/c13-11-3-9(2-1-8(11)4-14)15-5-10-6-18(17-16-10)7-12(19)20/h1-3,6,15H,5,7H2,(H,19,20). The first-order valence-electron chi connectivity index (χ1n) is 5.63. The topological polar surface area (TPSA) is 104 Å². The van der Waals surface area contributed by atoms with E-state index in [2.05, 4.69) is 15.6 Å². The normalized spacial score (nSPS) is 10.0. The number of aromatic nitrogens is 3. The molecule has 2 aromatic rings. The van der Waals surface area contributed by atoms with Gasteiger partial charge in [0.1, 0.15) is 18.3 Å². The third-order valence-corrected chi connectivity index (χ3v) is 2.76. The molecule has 2 N–H and O–H groups in total. The molecule has 0 atom stereocenters. The van der Waals surface area contributed by atoms with Crippen LogP contribution in [0.3, 0.4) is 0 Å². The Hall–Kier alpha value is -2.59. The lowest BCUT2D eigenvalue weighted by Gasteiger charge is -2.05. The zero-order valence-electron chi connectivity index (χ0n) is 10.2. The van der Waals surface area contributed by atoms with Gasteiger partial charge in [-0.25, -0.2) is 4.68 Å². The molecule has 1 heterocycles. The van der Waals surface area contributed by atoms with Crippen molar-refractivity contribution in [1.29, 1.82) is 5.26 Å². The predicted octanol–water partition coefficient (Wildman–Crippen LogP) is 1.50. The minimum absolute atomic E-state index is 0.226. The zero-order valence-corrected chi connectivity index (χ0v) is 11.0. The van der Waals surface area contributed by atoms with E-state index in [4.69, 9.17) is 22.0 Å². The number of benzene rings is 1. The monoisotopic (exact) mass is 291 g/mol. The highest BCUT2D eigenvalue weighted by Gasteiger charge is 2.05. The number of hydrogen-bond acceptors (Lipinski definition) is 5. The molecular formula is C12H10ClN5O2. The van der Waals surface area contributed by atoms with Crippen LogP contribution in [0.1, 0.15) is 11.3 Å². The van der Waals surface area contributed by atoms with Gasteiger partial charge in [0.05, 0.1) is 23.3 Å². The second-order valence-corrected chi connectivity index (χ2v) is 4.37. The molecular weight excluding hydrogens is 282 g/mol. The maximum atomic E-state index is 10.5. The number of carbonyl (C=O) groups is 1. The largest absolute Gasteiger partial charge is 0.480 e. The van der Waals surface area contributed by atoms with Crippen LogP contribution in [0.4, 0.5) is 5.69 Å². The van der Waals surface area contributed by atoms with Gasteiger partial charge in [-0.1, -0.05) is 16.8 Å². The molecule has 1 aromatic carbocycles. The van der Waals surface area contributed by atoms with Crippen molar-refractivity contribution < 1.29 is 9.90 Å². The van der Waals surface area contributed by atoms with E-state index in [1.165, 1.54) is 4.68 Å². The molecule has 1 aromatic heterocycles. The first-order valence-corrected chi connectivity index (χ1v) is 6.00. The summed E-state index contributed by atoms with van der Waals surface area (Å²) >= 11 is 5.91. The van der Waals surface area contributed by atoms with Gasteiger partial charge in [-0.15, -0.1) is 5.10 Å². The van der Waals surface area contributed by atoms with E-state index in [9.17, 15) is 4.79 Å². The molecule has 0 aliphatic heterocycles. The molecule has 0 spiro atoms. The molecule has 20 heavy (non-hydrogen) atoms. The number of hydrogen-bond donors (Lipinski definition) is 2. The van der Waals surface area contributed by atoms with Gasteiger partial charge in [0.25, 0.3) is 0 Å².